The molecule has 2 N–H and O–H groups in total. The highest BCUT2D eigenvalue weighted by Gasteiger charge is 2.18. The molecule has 0 saturated heterocycles. The van der Waals surface area contributed by atoms with E-state index in [1.165, 1.54) is 41.0 Å². The SMILES string of the molecule is NCCCc1sc2c(c1Cl)CCCC2. The molecule has 0 bridgehead atoms. The van der Waals surface area contributed by atoms with E-state index < -0.39 is 0 Å². The Balaban J connectivity index is 2.20. The van der Waals surface area contributed by atoms with Crippen LogP contribution in [0.1, 0.15) is 34.6 Å². The lowest BCUT2D eigenvalue weighted by atomic mass is 9.99. The molecule has 0 unspecified atom stereocenters. The zero-order valence-corrected chi connectivity index (χ0v) is 9.89. The first-order valence-electron chi connectivity index (χ1n) is 5.32. The van der Waals surface area contributed by atoms with Gasteiger partial charge in [0, 0.05) is 9.75 Å². The van der Waals surface area contributed by atoms with Crippen molar-refractivity contribution in [2.24, 2.45) is 5.73 Å². The van der Waals surface area contributed by atoms with E-state index in [9.17, 15) is 0 Å². The van der Waals surface area contributed by atoms with Crippen molar-refractivity contribution in [3.05, 3.63) is 20.3 Å². The highest BCUT2D eigenvalue weighted by molar-refractivity contribution is 7.12. The van der Waals surface area contributed by atoms with E-state index in [0.717, 1.165) is 24.4 Å². The highest BCUT2D eigenvalue weighted by atomic mass is 35.5. The summed E-state index contributed by atoms with van der Waals surface area (Å²) in [5, 5.41) is 1.05. The summed E-state index contributed by atoms with van der Waals surface area (Å²) >= 11 is 8.26. The highest BCUT2D eigenvalue weighted by Crippen LogP contribution is 2.38. The Hall–Kier alpha value is -0.0500. The lowest BCUT2D eigenvalue weighted by Gasteiger charge is -2.09. The minimum Gasteiger partial charge on any atom is -0.330 e. The number of fused-ring (bicyclic) bond motifs is 1. The van der Waals surface area contributed by atoms with Gasteiger partial charge in [0.1, 0.15) is 0 Å². The molecule has 2 rings (SSSR count). The van der Waals surface area contributed by atoms with Gasteiger partial charge in [-0.3, -0.25) is 0 Å². The fourth-order valence-electron chi connectivity index (χ4n) is 2.01. The molecule has 0 spiro atoms. The molecule has 1 aliphatic carbocycles. The number of halogens is 1. The number of rotatable bonds is 3. The summed E-state index contributed by atoms with van der Waals surface area (Å²) in [5.41, 5.74) is 6.95. The number of nitrogens with two attached hydrogens (primary N) is 1. The Bertz CT molecular complexity index is 319. The first kappa shape index (κ1) is 10.5. The number of hydrogen-bond acceptors (Lipinski definition) is 2. The van der Waals surface area contributed by atoms with Crippen LogP contribution in [0.5, 0.6) is 0 Å². The van der Waals surface area contributed by atoms with Gasteiger partial charge < -0.3 is 5.73 Å². The van der Waals surface area contributed by atoms with Crippen molar-refractivity contribution in [1.82, 2.24) is 0 Å². The molecule has 14 heavy (non-hydrogen) atoms. The third-order valence-electron chi connectivity index (χ3n) is 2.78. The molecule has 78 valence electrons. The summed E-state index contributed by atoms with van der Waals surface area (Å²) in [4.78, 5) is 2.90. The minimum absolute atomic E-state index is 0.763. The Morgan fingerprint density at radius 1 is 1.29 bits per heavy atom. The van der Waals surface area contributed by atoms with Crippen LogP contribution >= 0.6 is 22.9 Å². The van der Waals surface area contributed by atoms with Gasteiger partial charge in [0.15, 0.2) is 0 Å². The van der Waals surface area contributed by atoms with Crippen LogP contribution < -0.4 is 5.73 Å². The van der Waals surface area contributed by atoms with Crippen molar-refractivity contribution in [3.63, 3.8) is 0 Å². The monoisotopic (exact) mass is 229 g/mol. The van der Waals surface area contributed by atoms with Crippen molar-refractivity contribution in [2.45, 2.75) is 38.5 Å². The number of thiophene rings is 1. The van der Waals surface area contributed by atoms with Crippen LogP contribution in [0.15, 0.2) is 0 Å². The van der Waals surface area contributed by atoms with Crippen LogP contribution in [0, 0.1) is 0 Å². The Kier molecular flexibility index (Phi) is 3.47. The van der Waals surface area contributed by atoms with Crippen LogP contribution in [-0.4, -0.2) is 6.54 Å². The third kappa shape index (κ3) is 1.97. The Morgan fingerprint density at radius 2 is 2.07 bits per heavy atom. The fraction of sp³-hybridized carbons (Fsp3) is 0.636. The lowest BCUT2D eigenvalue weighted by molar-refractivity contribution is 0.697. The standard InChI is InChI=1S/C11H16ClNS/c12-11-8-4-1-2-5-9(8)14-10(11)6-3-7-13/h1-7,13H2. The van der Waals surface area contributed by atoms with Gasteiger partial charge in [0.2, 0.25) is 0 Å². The van der Waals surface area contributed by atoms with Crippen LogP contribution in [-0.2, 0) is 19.3 Å². The zero-order chi connectivity index (χ0) is 9.97. The lowest BCUT2D eigenvalue weighted by Crippen LogP contribution is -1.99. The van der Waals surface area contributed by atoms with Crippen LogP contribution in [0.4, 0.5) is 0 Å². The van der Waals surface area contributed by atoms with Crippen molar-refractivity contribution in [1.29, 1.82) is 0 Å². The molecule has 3 heteroatoms. The first-order chi connectivity index (χ1) is 6.83. The van der Waals surface area contributed by atoms with Gasteiger partial charge in [-0.05, 0) is 50.6 Å². The van der Waals surface area contributed by atoms with E-state index in [1.807, 2.05) is 11.3 Å². The largest absolute Gasteiger partial charge is 0.330 e. The molecule has 1 aliphatic rings. The van der Waals surface area contributed by atoms with Gasteiger partial charge in [-0.2, -0.15) is 0 Å². The second-order valence-electron chi connectivity index (χ2n) is 3.84. The molecule has 0 aliphatic heterocycles. The van der Waals surface area contributed by atoms with E-state index in [0.29, 0.717) is 0 Å². The van der Waals surface area contributed by atoms with Crippen molar-refractivity contribution >= 4 is 22.9 Å². The second kappa shape index (κ2) is 4.65. The normalized spacial score (nSPS) is 15.6. The average molecular weight is 230 g/mol. The summed E-state index contributed by atoms with van der Waals surface area (Å²) in [6.45, 7) is 0.763. The van der Waals surface area contributed by atoms with Gasteiger partial charge in [0.05, 0.1) is 5.02 Å². The van der Waals surface area contributed by atoms with Crippen LogP contribution in [0.3, 0.4) is 0 Å². The van der Waals surface area contributed by atoms with E-state index in [1.54, 1.807) is 0 Å². The topological polar surface area (TPSA) is 26.0 Å². The minimum atomic E-state index is 0.763. The van der Waals surface area contributed by atoms with Crippen molar-refractivity contribution < 1.29 is 0 Å². The van der Waals surface area contributed by atoms with E-state index in [-0.39, 0.29) is 0 Å². The summed E-state index contributed by atoms with van der Waals surface area (Å²) < 4.78 is 0. The van der Waals surface area contributed by atoms with E-state index in [2.05, 4.69) is 0 Å². The maximum Gasteiger partial charge on any atom is 0.0579 e. The molecule has 0 amide bonds. The van der Waals surface area contributed by atoms with E-state index in [4.69, 9.17) is 17.3 Å². The molecule has 1 heterocycles. The summed E-state index contributed by atoms with van der Waals surface area (Å²) in [5.74, 6) is 0. The van der Waals surface area contributed by atoms with Crippen LogP contribution in [0.25, 0.3) is 0 Å². The molecular formula is C11H16ClNS. The van der Waals surface area contributed by atoms with Gasteiger partial charge in [-0.1, -0.05) is 11.6 Å². The van der Waals surface area contributed by atoms with Crippen LogP contribution in [0.2, 0.25) is 5.02 Å². The zero-order valence-electron chi connectivity index (χ0n) is 8.31. The fourth-order valence-corrected chi connectivity index (χ4v) is 3.81. The van der Waals surface area contributed by atoms with Gasteiger partial charge in [-0.15, -0.1) is 11.3 Å². The molecule has 0 saturated carbocycles. The Labute approximate surface area is 94.3 Å². The number of aryl methyl sites for hydroxylation is 2. The second-order valence-corrected chi connectivity index (χ2v) is 5.41. The third-order valence-corrected chi connectivity index (χ3v) is 4.70. The molecule has 1 aromatic rings. The molecule has 0 atom stereocenters. The first-order valence-corrected chi connectivity index (χ1v) is 6.51. The number of hydrogen-bond donors (Lipinski definition) is 1. The van der Waals surface area contributed by atoms with Gasteiger partial charge in [-0.25, -0.2) is 0 Å². The van der Waals surface area contributed by atoms with E-state index >= 15 is 0 Å². The quantitative estimate of drug-likeness (QED) is 0.847. The molecule has 0 aromatic carbocycles. The van der Waals surface area contributed by atoms with Gasteiger partial charge >= 0.3 is 0 Å². The maximum absolute atomic E-state index is 6.35. The summed E-state index contributed by atoms with van der Waals surface area (Å²) in [6.07, 6.45) is 7.18. The average Bonchev–Trinajstić information content (AvgIpc) is 2.54. The molecule has 0 fully saturated rings. The maximum atomic E-state index is 6.35. The van der Waals surface area contributed by atoms with Crippen molar-refractivity contribution in [3.8, 4) is 0 Å². The summed E-state index contributed by atoms with van der Waals surface area (Å²) in [7, 11) is 0. The molecule has 0 radical (unpaired) electrons. The van der Waals surface area contributed by atoms with Crippen molar-refractivity contribution in [2.75, 3.05) is 6.54 Å². The predicted molar refractivity (Wildman–Crippen MR) is 63.3 cm³/mol. The Morgan fingerprint density at radius 3 is 2.79 bits per heavy atom. The molecule has 1 aromatic heterocycles. The molecular weight excluding hydrogens is 214 g/mol. The smallest absolute Gasteiger partial charge is 0.0579 e. The van der Waals surface area contributed by atoms with Gasteiger partial charge in [0.25, 0.3) is 0 Å². The molecule has 1 nitrogen and oxygen atoms in total. The predicted octanol–water partition coefficient (Wildman–Crippen LogP) is 3.17. The summed E-state index contributed by atoms with van der Waals surface area (Å²) in [6, 6.07) is 0.